The summed E-state index contributed by atoms with van der Waals surface area (Å²) in [5, 5.41) is 2.36. The highest BCUT2D eigenvalue weighted by atomic mass is 16.1. The maximum Gasteiger partial charge on any atom is 0.193 e. The van der Waals surface area contributed by atoms with E-state index in [2.05, 4.69) is 71.3 Å². The number of hydrogen-bond donors (Lipinski definition) is 0. The Morgan fingerprint density at radius 1 is 0.588 bits per heavy atom. The van der Waals surface area contributed by atoms with Gasteiger partial charge in [0.25, 0.3) is 0 Å². The fourth-order valence-electron chi connectivity index (χ4n) is 4.91. The van der Waals surface area contributed by atoms with Gasteiger partial charge in [0.1, 0.15) is 0 Å². The van der Waals surface area contributed by atoms with Crippen molar-refractivity contribution in [1.82, 2.24) is 4.57 Å². The van der Waals surface area contributed by atoms with Crippen LogP contribution in [0, 0.1) is 0 Å². The maximum atomic E-state index is 13.8. The minimum Gasteiger partial charge on any atom is -0.335 e. The van der Waals surface area contributed by atoms with E-state index in [-0.39, 0.29) is 5.78 Å². The van der Waals surface area contributed by atoms with Gasteiger partial charge in [-0.3, -0.25) is 4.79 Å². The quantitative estimate of drug-likeness (QED) is 0.253. The second-order valence-corrected chi connectivity index (χ2v) is 8.53. The van der Waals surface area contributed by atoms with Gasteiger partial charge in [0.05, 0.1) is 5.52 Å². The van der Waals surface area contributed by atoms with Crippen LogP contribution in [0.25, 0.3) is 32.9 Å². The molecule has 5 aromatic carbocycles. The summed E-state index contributed by atoms with van der Waals surface area (Å²) in [6.07, 6.45) is 0. The molecule has 0 aliphatic rings. The van der Waals surface area contributed by atoms with Gasteiger partial charge in [-0.2, -0.15) is 0 Å². The van der Waals surface area contributed by atoms with Gasteiger partial charge in [-0.05, 0) is 23.3 Å². The summed E-state index contributed by atoms with van der Waals surface area (Å²) < 4.78 is 2.37. The van der Waals surface area contributed by atoms with Crippen LogP contribution >= 0.6 is 0 Å². The molecule has 6 aromatic rings. The van der Waals surface area contributed by atoms with Crippen molar-refractivity contribution in [3.05, 3.63) is 144 Å². The smallest absolute Gasteiger partial charge is 0.193 e. The van der Waals surface area contributed by atoms with Crippen LogP contribution in [0.4, 0.5) is 0 Å². The van der Waals surface area contributed by atoms with E-state index in [1.807, 2.05) is 60.7 Å². The Hall–Kier alpha value is -4.43. The van der Waals surface area contributed by atoms with E-state index in [1.165, 1.54) is 16.5 Å². The summed E-state index contributed by atoms with van der Waals surface area (Å²) in [5.41, 5.74) is 6.94. The van der Waals surface area contributed by atoms with E-state index >= 15 is 0 Å². The lowest BCUT2D eigenvalue weighted by Gasteiger charge is -2.15. The first-order valence-electron chi connectivity index (χ1n) is 11.5. The number of fused-ring (bicyclic) bond motifs is 3. The van der Waals surface area contributed by atoms with Crippen LogP contribution in [-0.4, -0.2) is 10.4 Å². The second-order valence-electron chi connectivity index (χ2n) is 8.53. The van der Waals surface area contributed by atoms with E-state index in [4.69, 9.17) is 0 Å². The number of carbonyl (C=O) groups is 1. The van der Waals surface area contributed by atoms with Gasteiger partial charge in [0.15, 0.2) is 5.78 Å². The first-order chi connectivity index (χ1) is 16.8. The third-order valence-electron chi connectivity index (χ3n) is 6.46. The van der Waals surface area contributed by atoms with E-state index in [0.717, 1.165) is 34.1 Å². The molecule has 0 fully saturated rings. The SMILES string of the molecule is O=C(c1ccccc1)c1ccc2c3ccccc3n(Cc3ccccc3)c2c1-c1ccccc1. The third-order valence-corrected chi connectivity index (χ3v) is 6.46. The molecule has 0 N–H and O–H groups in total. The van der Waals surface area contributed by atoms with Crippen molar-refractivity contribution in [2.45, 2.75) is 6.54 Å². The van der Waals surface area contributed by atoms with Crippen LogP contribution in [0.2, 0.25) is 0 Å². The van der Waals surface area contributed by atoms with Crippen molar-refractivity contribution in [2.24, 2.45) is 0 Å². The average Bonchev–Trinajstić information content (AvgIpc) is 3.23. The zero-order valence-electron chi connectivity index (χ0n) is 18.7. The average molecular weight is 438 g/mol. The maximum absolute atomic E-state index is 13.8. The summed E-state index contributed by atoms with van der Waals surface area (Å²) in [6.45, 7) is 0.730. The molecule has 0 bridgehead atoms. The molecule has 1 aromatic heterocycles. The fourth-order valence-corrected chi connectivity index (χ4v) is 4.91. The van der Waals surface area contributed by atoms with E-state index in [0.29, 0.717) is 5.56 Å². The molecule has 0 amide bonds. The lowest BCUT2D eigenvalue weighted by molar-refractivity contribution is 0.103. The van der Waals surface area contributed by atoms with Crippen LogP contribution in [0.1, 0.15) is 21.5 Å². The van der Waals surface area contributed by atoms with Crippen molar-refractivity contribution in [1.29, 1.82) is 0 Å². The largest absolute Gasteiger partial charge is 0.335 e. The van der Waals surface area contributed by atoms with Crippen LogP contribution in [0.3, 0.4) is 0 Å². The first kappa shape index (κ1) is 20.2. The third kappa shape index (κ3) is 3.41. The number of hydrogen-bond acceptors (Lipinski definition) is 1. The van der Waals surface area contributed by atoms with Gasteiger partial charge in [-0.25, -0.2) is 0 Å². The Labute approximate surface area is 198 Å². The lowest BCUT2D eigenvalue weighted by Crippen LogP contribution is -2.06. The zero-order chi connectivity index (χ0) is 22.9. The number of ketones is 1. The van der Waals surface area contributed by atoms with Crippen molar-refractivity contribution in [2.75, 3.05) is 0 Å². The topological polar surface area (TPSA) is 22.0 Å². The molecule has 34 heavy (non-hydrogen) atoms. The molecule has 2 nitrogen and oxygen atoms in total. The van der Waals surface area contributed by atoms with Crippen molar-refractivity contribution in [3.8, 4) is 11.1 Å². The molecule has 0 atom stereocenters. The van der Waals surface area contributed by atoms with Crippen LogP contribution in [-0.2, 0) is 6.54 Å². The summed E-state index contributed by atoms with van der Waals surface area (Å²) in [7, 11) is 0. The predicted octanol–water partition coefficient (Wildman–Crippen LogP) is 7.74. The molecular formula is C32H23NO. The number of carbonyl (C=O) groups excluding carboxylic acids is 1. The van der Waals surface area contributed by atoms with Gasteiger partial charge in [-0.15, -0.1) is 0 Å². The molecule has 0 saturated heterocycles. The molecule has 0 saturated carbocycles. The van der Waals surface area contributed by atoms with Crippen molar-refractivity contribution in [3.63, 3.8) is 0 Å². The Kier molecular flexibility index (Phi) is 5.04. The first-order valence-corrected chi connectivity index (χ1v) is 11.5. The normalized spacial score (nSPS) is 11.2. The highest BCUT2D eigenvalue weighted by Crippen LogP contribution is 2.39. The molecule has 0 spiro atoms. The number of benzene rings is 5. The van der Waals surface area contributed by atoms with Crippen LogP contribution in [0.5, 0.6) is 0 Å². The Bertz CT molecular complexity index is 1610. The predicted molar refractivity (Wildman–Crippen MR) is 140 cm³/mol. The minimum absolute atomic E-state index is 0.0397. The molecule has 6 rings (SSSR count). The molecular weight excluding hydrogens is 414 g/mol. The van der Waals surface area contributed by atoms with Gasteiger partial charge in [-0.1, -0.05) is 115 Å². The van der Waals surface area contributed by atoms with Gasteiger partial charge in [0, 0.05) is 39.5 Å². The van der Waals surface area contributed by atoms with Gasteiger partial charge in [0.2, 0.25) is 0 Å². The number of rotatable bonds is 5. The molecule has 0 radical (unpaired) electrons. The molecule has 0 aliphatic carbocycles. The highest BCUT2D eigenvalue weighted by molar-refractivity contribution is 6.20. The van der Waals surface area contributed by atoms with Gasteiger partial charge >= 0.3 is 0 Å². The van der Waals surface area contributed by atoms with Crippen molar-refractivity contribution >= 4 is 27.6 Å². The minimum atomic E-state index is 0.0397. The van der Waals surface area contributed by atoms with E-state index in [1.54, 1.807) is 0 Å². The van der Waals surface area contributed by atoms with Crippen molar-refractivity contribution < 1.29 is 4.79 Å². The molecule has 162 valence electrons. The number of aromatic nitrogens is 1. The zero-order valence-corrected chi connectivity index (χ0v) is 18.7. The summed E-state index contributed by atoms with van der Waals surface area (Å²) in [4.78, 5) is 13.8. The molecule has 0 aliphatic heterocycles. The van der Waals surface area contributed by atoms with Crippen LogP contribution in [0.15, 0.2) is 127 Å². The molecule has 0 unspecified atom stereocenters. The number of nitrogens with zero attached hydrogens (tertiary/aromatic N) is 1. The second kappa shape index (κ2) is 8.49. The highest BCUT2D eigenvalue weighted by Gasteiger charge is 2.22. The number of para-hydroxylation sites is 1. The molecule has 2 heteroatoms. The standard InChI is InChI=1S/C32H23NO/c34-32(25-16-8-3-9-17-25)28-21-20-27-26-18-10-11-19-29(26)33(22-23-12-4-1-5-13-23)31(27)30(28)24-14-6-2-7-15-24/h1-21H,22H2. The Morgan fingerprint density at radius 3 is 1.94 bits per heavy atom. The van der Waals surface area contributed by atoms with E-state index in [9.17, 15) is 4.79 Å². The summed E-state index contributed by atoms with van der Waals surface area (Å²) in [6, 6.07) is 43.0. The fraction of sp³-hybridized carbons (Fsp3) is 0.0312. The Morgan fingerprint density at radius 2 is 1.21 bits per heavy atom. The Balaban J connectivity index is 1.71. The molecule has 1 heterocycles. The summed E-state index contributed by atoms with van der Waals surface area (Å²) in [5.74, 6) is 0.0397. The monoisotopic (exact) mass is 437 g/mol. The van der Waals surface area contributed by atoms with E-state index < -0.39 is 0 Å². The lowest BCUT2D eigenvalue weighted by atomic mass is 9.91. The summed E-state index contributed by atoms with van der Waals surface area (Å²) >= 11 is 0. The van der Waals surface area contributed by atoms with Gasteiger partial charge < -0.3 is 4.57 Å². The van der Waals surface area contributed by atoms with Crippen LogP contribution < -0.4 is 0 Å².